The second-order valence-electron chi connectivity index (χ2n) is 6.82. The van der Waals surface area contributed by atoms with Crippen LogP contribution in [0.25, 0.3) is 0 Å². The standard InChI is InChI=1S/C22H20Cl2N2O5S/c1-4-11-26(17-7-5-16(23)6-8-17)32(28,29)18-9-10-21(24)19(12-18)22(27)30-13-20-14(2)25-31-15(20)3/h4-10,12H,1,11,13H2,2-3H3. The number of anilines is 1. The molecule has 3 rings (SSSR count). The number of carbonyl (C=O) groups excluding carboxylic acids is 1. The van der Waals surface area contributed by atoms with E-state index >= 15 is 0 Å². The highest BCUT2D eigenvalue weighted by Crippen LogP contribution is 2.28. The molecular weight excluding hydrogens is 475 g/mol. The van der Waals surface area contributed by atoms with Crippen LogP contribution in [-0.2, 0) is 21.4 Å². The molecule has 0 fully saturated rings. The molecule has 0 radical (unpaired) electrons. The van der Waals surface area contributed by atoms with E-state index in [9.17, 15) is 13.2 Å². The third-order valence-corrected chi connectivity index (χ3v) is 7.06. The number of nitrogens with zero attached hydrogens (tertiary/aromatic N) is 2. The topological polar surface area (TPSA) is 89.7 Å². The summed E-state index contributed by atoms with van der Waals surface area (Å²) in [5.74, 6) is -0.241. The fourth-order valence-electron chi connectivity index (χ4n) is 2.94. The van der Waals surface area contributed by atoms with Crippen LogP contribution >= 0.6 is 23.2 Å². The predicted octanol–water partition coefficient (Wildman–Crippen LogP) is 5.34. The van der Waals surface area contributed by atoms with Crippen LogP contribution in [0.5, 0.6) is 0 Å². The Morgan fingerprint density at radius 3 is 2.47 bits per heavy atom. The number of ether oxygens (including phenoxy) is 1. The highest BCUT2D eigenvalue weighted by molar-refractivity contribution is 7.92. The van der Waals surface area contributed by atoms with Gasteiger partial charge in [0.25, 0.3) is 10.0 Å². The molecule has 10 heteroatoms. The first-order chi connectivity index (χ1) is 15.1. The lowest BCUT2D eigenvalue weighted by Crippen LogP contribution is -2.31. The molecule has 168 valence electrons. The van der Waals surface area contributed by atoms with Crippen molar-refractivity contribution >= 4 is 44.9 Å². The second-order valence-corrected chi connectivity index (χ2v) is 9.53. The van der Waals surface area contributed by atoms with Gasteiger partial charge in [-0.2, -0.15) is 0 Å². The molecule has 0 spiro atoms. The zero-order valence-electron chi connectivity index (χ0n) is 17.3. The van der Waals surface area contributed by atoms with Crippen molar-refractivity contribution in [3.63, 3.8) is 0 Å². The quantitative estimate of drug-likeness (QED) is 0.310. The molecule has 0 saturated heterocycles. The van der Waals surface area contributed by atoms with E-state index in [1.807, 2.05) is 0 Å². The van der Waals surface area contributed by atoms with Crippen molar-refractivity contribution in [1.82, 2.24) is 5.16 Å². The van der Waals surface area contributed by atoms with Crippen molar-refractivity contribution in [2.75, 3.05) is 10.8 Å². The molecule has 1 heterocycles. The third kappa shape index (κ3) is 4.98. The van der Waals surface area contributed by atoms with E-state index in [-0.39, 0.29) is 28.6 Å². The van der Waals surface area contributed by atoms with Crippen LogP contribution < -0.4 is 4.31 Å². The number of aryl methyl sites for hydroxylation is 2. The van der Waals surface area contributed by atoms with Gasteiger partial charge in [0.1, 0.15) is 12.4 Å². The van der Waals surface area contributed by atoms with E-state index in [4.69, 9.17) is 32.5 Å². The van der Waals surface area contributed by atoms with Crippen molar-refractivity contribution in [2.24, 2.45) is 0 Å². The maximum atomic E-state index is 13.4. The van der Waals surface area contributed by atoms with Crippen molar-refractivity contribution in [1.29, 1.82) is 0 Å². The molecule has 0 aliphatic rings. The molecule has 0 aliphatic carbocycles. The summed E-state index contributed by atoms with van der Waals surface area (Å²) in [6.07, 6.45) is 1.46. The molecule has 0 unspecified atom stereocenters. The molecule has 32 heavy (non-hydrogen) atoms. The van der Waals surface area contributed by atoms with Gasteiger partial charge in [-0.3, -0.25) is 4.31 Å². The second kappa shape index (κ2) is 9.77. The van der Waals surface area contributed by atoms with Gasteiger partial charge in [0, 0.05) is 5.02 Å². The molecule has 0 saturated carbocycles. The van der Waals surface area contributed by atoms with Gasteiger partial charge in [0.15, 0.2) is 0 Å². The Bertz CT molecular complexity index is 1230. The summed E-state index contributed by atoms with van der Waals surface area (Å²) in [6.45, 7) is 6.99. The molecule has 0 atom stereocenters. The van der Waals surface area contributed by atoms with Crippen LogP contribution in [0.1, 0.15) is 27.4 Å². The molecular formula is C22H20Cl2N2O5S. The maximum absolute atomic E-state index is 13.4. The van der Waals surface area contributed by atoms with Crippen LogP contribution in [0.15, 0.2) is 64.5 Å². The highest BCUT2D eigenvalue weighted by atomic mass is 35.5. The summed E-state index contributed by atoms with van der Waals surface area (Å²) in [7, 11) is -4.05. The Morgan fingerprint density at radius 2 is 1.88 bits per heavy atom. The molecule has 2 aromatic carbocycles. The Kier molecular flexibility index (Phi) is 7.28. The number of halogens is 2. The molecule has 3 aromatic rings. The number of carbonyl (C=O) groups is 1. The fourth-order valence-corrected chi connectivity index (χ4v) is 4.72. The number of benzene rings is 2. The summed E-state index contributed by atoms with van der Waals surface area (Å²) in [6, 6.07) is 10.2. The molecule has 0 N–H and O–H groups in total. The smallest absolute Gasteiger partial charge is 0.340 e. The minimum absolute atomic E-state index is 0.0123. The summed E-state index contributed by atoms with van der Waals surface area (Å²) in [4.78, 5) is 12.5. The van der Waals surface area contributed by atoms with E-state index in [1.165, 1.54) is 24.3 Å². The number of rotatable bonds is 8. The molecule has 0 aliphatic heterocycles. The van der Waals surface area contributed by atoms with Gasteiger partial charge in [-0.25, -0.2) is 13.2 Å². The lowest BCUT2D eigenvalue weighted by Gasteiger charge is -2.23. The van der Waals surface area contributed by atoms with Crippen LogP contribution in [-0.4, -0.2) is 26.1 Å². The van der Waals surface area contributed by atoms with Crippen LogP contribution in [0.3, 0.4) is 0 Å². The van der Waals surface area contributed by atoms with E-state index < -0.39 is 16.0 Å². The van der Waals surface area contributed by atoms with Crippen molar-refractivity contribution in [3.8, 4) is 0 Å². The molecule has 0 amide bonds. The number of esters is 1. The normalized spacial score (nSPS) is 11.2. The van der Waals surface area contributed by atoms with Crippen LogP contribution in [0, 0.1) is 13.8 Å². The van der Waals surface area contributed by atoms with E-state index in [1.54, 1.807) is 38.1 Å². The Balaban J connectivity index is 1.92. The average Bonchev–Trinajstić information content (AvgIpc) is 3.08. The Hall–Kier alpha value is -2.81. The first-order valence-corrected chi connectivity index (χ1v) is 11.6. The highest BCUT2D eigenvalue weighted by Gasteiger charge is 2.26. The van der Waals surface area contributed by atoms with Crippen LogP contribution in [0.4, 0.5) is 5.69 Å². The third-order valence-electron chi connectivity index (χ3n) is 4.68. The first-order valence-electron chi connectivity index (χ1n) is 9.42. The Labute approximate surface area is 196 Å². The summed E-state index contributed by atoms with van der Waals surface area (Å²) in [5, 5.41) is 4.34. The minimum atomic E-state index is -4.05. The van der Waals surface area contributed by atoms with Gasteiger partial charge < -0.3 is 9.26 Å². The monoisotopic (exact) mass is 494 g/mol. The number of hydrogen-bond acceptors (Lipinski definition) is 6. The van der Waals surface area contributed by atoms with Crippen molar-refractivity contribution in [2.45, 2.75) is 25.3 Å². The summed E-state index contributed by atoms with van der Waals surface area (Å²) < 4.78 is 38.2. The fraction of sp³-hybridized carbons (Fsp3) is 0.182. The zero-order chi connectivity index (χ0) is 23.5. The Morgan fingerprint density at radius 1 is 1.19 bits per heavy atom. The first kappa shape index (κ1) is 23.8. The van der Waals surface area contributed by atoms with E-state index in [2.05, 4.69) is 11.7 Å². The van der Waals surface area contributed by atoms with Crippen LogP contribution in [0.2, 0.25) is 10.0 Å². The maximum Gasteiger partial charge on any atom is 0.340 e. The van der Waals surface area contributed by atoms with Gasteiger partial charge in [-0.1, -0.05) is 34.4 Å². The number of sulfonamides is 1. The minimum Gasteiger partial charge on any atom is -0.457 e. The van der Waals surface area contributed by atoms with Gasteiger partial charge in [-0.15, -0.1) is 6.58 Å². The van der Waals surface area contributed by atoms with Crippen molar-refractivity contribution in [3.05, 3.63) is 87.7 Å². The lowest BCUT2D eigenvalue weighted by molar-refractivity contribution is 0.0470. The largest absolute Gasteiger partial charge is 0.457 e. The summed E-state index contributed by atoms with van der Waals surface area (Å²) >= 11 is 12.1. The molecule has 7 nitrogen and oxygen atoms in total. The van der Waals surface area contributed by atoms with E-state index in [0.29, 0.717) is 27.7 Å². The van der Waals surface area contributed by atoms with Gasteiger partial charge in [0.2, 0.25) is 0 Å². The average molecular weight is 495 g/mol. The van der Waals surface area contributed by atoms with Gasteiger partial charge in [0.05, 0.1) is 39.0 Å². The SMILES string of the molecule is C=CCN(c1ccc(Cl)cc1)S(=O)(=O)c1ccc(Cl)c(C(=O)OCc2c(C)noc2C)c1. The predicted molar refractivity (Wildman–Crippen MR) is 123 cm³/mol. The van der Waals surface area contributed by atoms with Crippen molar-refractivity contribution < 1.29 is 22.5 Å². The molecule has 1 aromatic heterocycles. The zero-order valence-corrected chi connectivity index (χ0v) is 19.7. The lowest BCUT2D eigenvalue weighted by atomic mass is 10.2. The van der Waals surface area contributed by atoms with Gasteiger partial charge >= 0.3 is 5.97 Å². The summed E-state index contributed by atoms with van der Waals surface area (Å²) in [5.41, 5.74) is 1.56. The van der Waals surface area contributed by atoms with Gasteiger partial charge in [-0.05, 0) is 56.3 Å². The van der Waals surface area contributed by atoms with E-state index in [0.717, 1.165) is 4.31 Å². The number of hydrogen-bond donors (Lipinski definition) is 0. The number of aromatic nitrogens is 1. The molecule has 0 bridgehead atoms.